The van der Waals surface area contributed by atoms with Gasteiger partial charge in [0.15, 0.2) is 0 Å². The van der Waals surface area contributed by atoms with Gasteiger partial charge >= 0.3 is 0 Å². The van der Waals surface area contributed by atoms with Crippen LogP contribution >= 0.6 is 0 Å². The predicted molar refractivity (Wildman–Crippen MR) is 45.3 cm³/mol. The zero-order valence-corrected chi connectivity index (χ0v) is 7.34. The van der Waals surface area contributed by atoms with E-state index in [-0.39, 0.29) is 5.41 Å². The van der Waals surface area contributed by atoms with Crippen LogP contribution in [0.5, 0.6) is 0 Å². The molecule has 0 aromatic rings. The van der Waals surface area contributed by atoms with Crippen LogP contribution < -0.4 is 0 Å². The van der Waals surface area contributed by atoms with Crippen molar-refractivity contribution >= 4 is 0 Å². The van der Waals surface area contributed by atoms with Crippen molar-refractivity contribution < 1.29 is 5.11 Å². The Labute approximate surface area is 68.8 Å². The van der Waals surface area contributed by atoms with Gasteiger partial charge in [0.25, 0.3) is 0 Å². The number of hydrogen-bond acceptors (Lipinski definition) is 1. The largest absolute Gasteiger partial charge is 0.396 e. The van der Waals surface area contributed by atoms with Gasteiger partial charge in [-0.2, -0.15) is 0 Å². The van der Waals surface area contributed by atoms with Gasteiger partial charge in [-0.05, 0) is 49.4 Å². The molecule has 0 heterocycles. The average molecular weight is 154 g/mol. The van der Waals surface area contributed by atoms with Gasteiger partial charge in [-0.15, -0.1) is 0 Å². The molecule has 2 rings (SSSR count). The molecule has 1 heteroatoms. The molecule has 0 bridgehead atoms. The zero-order chi connectivity index (χ0) is 7.90. The molecule has 0 saturated heterocycles. The molecule has 64 valence electrons. The molecule has 0 aromatic heterocycles. The summed E-state index contributed by atoms with van der Waals surface area (Å²) in [5, 5.41) is 9.18. The van der Waals surface area contributed by atoms with Crippen molar-refractivity contribution in [2.45, 2.75) is 39.0 Å². The van der Waals surface area contributed by atoms with E-state index in [0.29, 0.717) is 6.61 Å². The molecule has 1 nitrogen and oxygen atoms in total. The number of rotatable bonds is 1. The third-order valence-corrected chi connectivity index (χ3v) is 3.83. The van der Waals surface area contributed by atoms with E-state index in [9.17, 15) is 5.11 Å². The Morgan fingerprint density at radius 1 is 1.27 bits per heavy atom. The Hall–Kier alpha value is -0.0400. The molecule has 2 aliphatic rings. The topological polar surface area (TPSA) is 20.2 Å². The predicted octanol–water partition coefficient (Wildman–Crippen LogP) is 2.20. The molecule has 2 saturated carbocycles. The minimum Gasteiger partial charge on any atom is -0.396 e. The first kappa shape index (κ1) is 7.60. The first-order chi connectivity index (χ1) is 5.23. The molecular formula is C10H18O. The van der Waals surface area contributed by atoms with Gasteiger partial charge in [-0.3, -0.25) is 0 Å². The highest BCUT2D eigenvalue weighted by Gasteiger charge is 2.41. The van der Waals surface area contributed by atoms with Crippen LogP contribution in [0.1, 0.15) is 39.0 Å². The van der Waals surface area contributed by atoms with E-state index in [4.69, 9.17) is 0 Å². The van der Waals surface area contributed by atoms with Crippen LogP contribution in [-0.4, -0.2) is 11.7 Å². The average Bonchev–Trinajstić information content (AvgIpc) is 1.97. The van der Waals surface area contributed by atoms with Gasteiger partial charge in [0, 0.05) is 6.61 Å². The molecule has 0 radical (unpaired) electrons. The molecule has 11 heavy (non-hydrogen) atoms. The first-order valence-electron chi connectivity index (χ1n) is 4.84. The van der Waals surface area contributed by atoms with Gasteiger partial charge in [0.05, 0.1) is 0 Å². The highest BCUT2D eigenvalue weighted by molar-refractivity contribution is 4.92. The molecule has 2 unspecified atom stereocenters. The lowest BCUT2D eigenvalue weighted by atomic mass is 9.58. The standard InChI is InChI=1S/C10H18O/c1-10(7-11)5-4-8-2-3-9(8)6-10/h8-9,11H,2-7H2,1H3/t8?,9?,10-/m0/s1. The highest BCUT2D eigenvalue weighted by Crippen LogP contribution is 2.51. The summed E-state index contributed by atoms with van der Waals surface area (Å²) in [7, 11) is 0. The summed E-state index contributed by atoms with van der Waals surface area (Å²) in [6.45, 7) is 2.64. The molecule has 0 amide bonds. The van der Waals surface area contributed by atoms with Crippen molar-refractivity contribution in [3.05, 3.63) is 0 Å². The molecule has 0 aliphatic heterocycles. The first-order valence-corrected chi connectivity index (χ1v) is 4.84. The number of hydrogen-bond donors (Lipinski definition) is 1. The van der Waals surface area contributed by atoms with Crippen LogP contribution in [0.25, 0.3) is 0 Å². The monoisotopic (exact) mass is 154 g/mol. The van der Waals surface area contributed by atoms with E-state index in [1.54, 1.807) is 0 Å². The van der Waals surface area contributed by atoms with Crippen molar-refractivity contribution in [3.8, 4) is 0 Å². The van der Waals surface area contributed by atoms with Crippen molar-refractivity contribution in [1.82, 2.24) is 0 Å². The molecule has 3 atom stereocenters. The van der Waals surface area contributed by atoms with Gasteiger partial charge in [-0.25, -0.2) is 0 Å². The van der Waals surface area contributed by atoms with Crippen LogP contribution in [-0.2, 0) is 0 Å². The minimum absolute atomic E-state index is 0.279. The normalized spacial score (nSPS) is 49.6. The van der Waals surface area contributed by atoms with Crippen LogP contribution in [0, 0.1) is 17.3 Å². The lowest BCUT2D eigenvalue weighted by molar-refractivity contribution is -0.00233. The highest BCUT2D eigenvalue weighted by atomic mass is 16.3. The lowest BCUT2D eigenvalue weighted by Gasteiger charge is -2.48. The van der Waals surface area contributed by atoms with E-state index in [1.807, 2.05) is 0 Å². The van der Waals surface area contributed by atoms with E-state index in [0.717, 1.165) is 11.8 Å². The van der Waals surface area contributed by atoms with Gasteiger partial charge in [0.2, 0.25) is 0 Å². The Morgan fingerprint density at radius 3 is 2.45 bits per heavy atom. The summed E-state index contributed by atoms with van der Waals surface area (Å²) >= 11 is 0. The Morgan fingerprint density at radius 2 is 2.00 bits per heavy atom. The number of aliphatic hydroxyl groups is 1. The summed E-state index contributed by atoms with van der Waals surface area (Å²) in [5.41, 5.74) is 0.279. The van der Waals surface area contributed by atoms with Crippen LogP contribution in [0.2, 0.25) is 0 Å². The minimum atomic E-state index is 0.279. The van der Waals surface area contributed by atoms with Crippen molar-refractivity contribution in [1.29, 1.82) is 0 Å². The Bertz CT molecular complexity index is 155. The fourth-order valence-electron chi connectivity index (χ4n) is 2.70. The maximum Gasteiger partial charge on any atom is 0.0484 e. The van der Waals surface area contributed by atoms with Gasteiger partial charge < -0.3 is 5.11 Å². The van der Waals surface area contributed by atoms with Crippen LogP contribution in [0.4, 0.5) is 0 Å². The van der Waals surface area contributed by atoms with Crippen molar-refractivity contribution in [2.24, 2.45) is 17.3 Å². The van der Waals surface area contributed by atoms with E-state index in [1.165, 1.54) is 32.1 Å². The summed E-state index contributed by atoms with van der Waals surface area (Å²) in [5.74, 6) is 2.01. The molecule has 0 aromatic carbocycles. The van der Waals surface area contributed by atoms with Crippen LogP contribution in [0.3, 0.4) is 0 Å². The molecule has 2 aliphatic carbocycles. The fourth-order valence-corrected chi connectivity index (χ4v) is 2.70. The quantitative estimate of drug-likeness (QED) is 0.614. The Kier molecular flexibility index (Phi) is 1.71. The number of fused-ring (bicyclic) bond motifs is 1. The molecule has 2 fully saturated rings. The third-order valence-electron chi connectivity index (χ3n) is 3.83. The van der Waals surface area contributed by atoms with E-state index >= 15 is 0 Å². The van der Waals surface area contributed by atoms with Gasteiger partial charge in [-0.1, -0.05) is 6.92 Å². The second-order valence-corrected chi connectivity index (χ2v) is 4.81. The zero-order valence-electron chi connectivity index (χ0n) is 7.34. The SMILES string of the molecule is C[C@]1(CO)CCC2CCC2C1. The maximum absolute atomic E-state index is 9.18. The molecule has 1 N–H and O–H groups in total. The summed E-state index contributed by atoms with van der Waals surface area (Å²) in [4.78, 5) is 0. The second kappa shape index (κ2) is 2.48. The van der Waals surface area contributed by atoms with E-state index < -0.39 is 0 Å². The Balaban J connectivity index is 1.97. The van der Waals surface area contributed by atoms with E-state index in [2.05, 4.69) is 6.92 Å². The maximum atomic E-state index is 9.18. The third kappa shape index (κ3) is 1.20. The van der Waals surface area contributed by atoms with Crippen molar-refractivity contribution in [2.75, 3.05) is 6.61 Å². The number of aliphatic hydroxyl groups excluding tert-OH is 1. The van der Waals surface area contributed by atoms with Gasteiger partial charge in [0.1, 0.15) is 0 Å². The molecule has 0 spiro atoms. The molecular weight excluding hydrogens is 136 g/mol. The van der Waals surface area contributed by atoms with Crippen LogP contribution in [0.15, 0.2) is 0 Å². The smallest absolute Gasteiger partial charge is 0.0484 e. The van der Waals surface area contributed by atoms with Crippen molar-refractivity contribution in [3.63, 3.8) is 0 Å². The lowest BCUT2D eigenvalue weighted by Crippen LogP contribution is -2.39. The summed E-state index contributed by atoms with van der Waals surface area (Å²) in [6, 6.07) is 0. The summed E-state index contributed by atoms with van der Waals surface area (Å²) in [6.07, 6.45) is 6.81. The fraction of sp³-hybridized carbons (Fsp3) is 1.00. The summed E-state index contributed by atoms with van der Waals surface area (Å²) < 4.78 is 0. The second-order valence-electron chi connectivity index (χ2n) is 4.81.